The maximum absolute atomic E-state index is 12.2. The van der Waals surface area contributed by atoms with Gasteiger partial charge in [0.25, 0.3) is 5.91 Å². The summed E-state index contributed by atoms with van der Waals surface area (Å²) in [6, 6.07) is 6.38. The largest absolute Gasteiger partial charge is 0.497 e. The van der Waals surface area contributed by atoms with Crippen molar-refractivity contribution < 1.29 is 19.4 Å². The summed E-state index contributed by atoms with van der Waals surface area (Å²) in [6.07, 6.45) is 0.502. The molecule has 0 saturated heterocycles. The maximum Gasteiger partial charge on any atom is 0.305 e. The van der Waals surface area contributed by atoms with Gasteiger partial charge in [0.05, 0.1) is 13.5 Å². The number of amides is 1. The van der Waals surface area contributed by atoms with E-state index in [9.17, 15) is 9.59 Å². The summed E-state index contributed by atoms with van der Waals surface area (Å²) in [5, 5.41) is 11.8. The minimum absolute atomic E-state index is 0.0677. The van der Waals surface area contributed by atoms with Gasteiger partial charge in [0.2, 0.25) is 0 Å². The second-order valence-electron chi connectivity index (χ2n) is 6.26. The van der Waals surface area contributed by atoms with Gasteiger partial charge in [-0.15, -0.1) is 0 Å². The molecule has 116 valence electrons. The van der Waals surface area contributed by atoms with E-state index in [0.717, 1.165) is 0 Å². The van der Waals surface area contributed by atoms with E-state index in [1.807, 2.05) is 20.8 Å². The molecule has 0 fully saturated rings. The zero-order valence-electron chi connectivity index (χ0n) is 13.0. The van der Waals surface area contributed by atoms with Crippen LogP contribution >= 0.6 is 0 Å². The lowest BCUT2D eigenvalue weighted by Gasteiger charge is -2.25. The van der Waals surface area contributed by atoms with Crippen molar-refractivity contribution in [2.45, 2.75) is 39.7 Å². The van der Waals surface area contributed by atoms with Crippen molar-refractivity contribution in [2.75, 3.05) is 7.11 Å². The highest BCUT2D eigenvalue weighted by Gasteiger charge is 2.23. The average molecular weight is 293 g/mol. The number of carboxylic acids is 1. The molecule has 1 unspecified atom stereocenters. The summed E-state index contributed by atoms with van der Waals surface area (Å²) in [5.41, 5.74) is 0.389. The lowest BCUT2D eigenvalue weighted by atomic mass is 9.87. The van der Waals surface area contributed by atoms with Crippen molar-refractivity contribution in [3.05, 3.63) is 29.8 Å². The summed E-state index contributed by atoms with van der Waals surface area (Å²) in [7, 11) is 1.53. The van der Waals surface area contributed by atoms with Crippen molar-refractivity contribution >= 4 is 11.9 Å². The molecule has 1 amide bonds. The van der Waals surface area contributed by atoms with Crippen LogP contribution in [0.5, 0.6) is 5.75 Å². The molecule has 1 aromatic carbocycles. The topological polar surface area (TPSA) is 75.6 Å². The van der Waals surface area contributed by atoms with Gasteiger partial charge in [0.1, 0.15) is 5.75 Å². The first-order valence-corrected chi connectivity index (χ1v) is 6.88. The third kappa shape index (κ3) is 6.29. The number of hydrogen-bond donors (Lipinski definition) is 2. The number of carbonyl (C=O) groups excluding carboxylic acids is 1. The van der Waals surface area contributed by atoms with E-state index in [0.29, 0.717) is 17.7 Å². The monoisotopic (exact) mass is 293 g/mol. The van der Waals surface area contributed by atoms with Crippen molar-refractivity contribution in [3.63, 3.8) is 0 Å². The number of hydrogen-bond acceptors (Lipinski definition) is 3. The highest BCUT2D eigenvalue weighted by atomic mass is 16.5. The van der Waals surface area contributed by atoms with E-state index in [1.165, 1.54) is 7.11 Å². The normalized spacial score (nSPS) is 12.6. The predicted octanol–water partition coefficient (Wildman–Crippen LogP) is 2.70. The van der Waals surface area contributed by atoms with E-state index >= 15 is 0 Å². The van der Waals surface area contributed by atoms with Crippen LogP contribution in [0.3, 0.4) is 0 Å². The zero-order chi connectivity index (χ0) is 16.0. The van der Waals surface area contributed by atoms with E-state index in [2.05, 4.69) is 5.32 Å². The number of nitrogens with one attached hydrogen (secondary N) is 1. The number of carbonyl (C=O) groups is 2. The zero-order valence-corrected chi connectivity index (χ0v) is 13.0. The van der Waals surface area contributed by atoms with Gasteiger partial charge < -0.3 is 15.2 Å². The van der Waals surface area contributed by atoms with E-state index in [-0.39, 0.29) is 17.7 Å². The molecule has 0 saturated carbocycles. The number of methoxy groups -OCH3 is 1. The quantitative estimate of drug-likeness (QED) is 0.845. The van der Waals surface area contributed by atoms with Crippen LogP contribution in [0.2, 0.25) is 0 Å². The maximum atomic E-state index is 12.2. The van der Waals surface area contributed by atoms with Crippen LogP contribution in [-0.4, -0.2) is 30.1 Å². The van der Waals surface area contributed by atoms with E-state index in [1.54, 1.807) is 24.3 Å². The van der Waals surface area contributed by atoms with Gasteiger partial charge >= 0.3 is 5.97 Å². The molecule has 2 N–H and O–H groups in total. The van der Waals surface area contributed by atoms with Gasteiger partial charge in [-0.2, -0.15) is 0 Å². The molecule has 21 heavy (non-hydrogen) atoms. The van der Waals surface area contributed by atoms with Gasteiger partial charge in [-0.25, -0.2) is 0 Å². The number of aliphatic carboxylic acids is 1. The first-order chi connectivity index (χ1) is 9.71. The predicted molar refractivity (Wildman–Crippen MR) is 80.6 cm³/mol. The van der Waals surface area contributed by atoms with Gasteiger partial charge in [0.15, 0.2) is 0 Å². The van der Waals surface area contributed by atoms with Crippen LogP contribution in [0.4, 0.5) is 0 Å². The standard InChI is InChI=1S/C16H23NO4/c1-16(2,3)10-12(9-14(18)19)17-15(20)11-6-5-7-13(8-11)21-4/h5-8,12H,9-10H2,1-4H3,(H,17,20)(H,18,19). The van der Waals surface area contributed by atoms with Crippen LogP contribution in [0, 0.1) is 5.41 Å². The minimum atomic E-state index is -0.921. The highest BCUT2D eigenvalue weighted by molar-refractivity contribution is 5.95. The Bertz CT molecular complexity index is 505. The third-order valence-corrected chi connectivity index (χ3v) is 2.95. The number of benzene rings is 1. The van der Waals surface area contributed by atoms with Gasteiger partial charge in [0, 0.05) is 11.6 Å². The van der Waals surface area contributed by atoms with Crippen molar-refractivity contribution in [1.82, 2.24) is 5.32 Å². The molecule has 0 aliphatic carbocycles. The third-order valence-electron chi connectivity index (χ3n) is 2.95. The Morgan fingerprint density at radius 1 is 1.33 bits per heavy atom. The Hall–Kier alpha value is -2.04. The second kappa shape index (κ2) is 7.11. The van der Waals surface area contributed by atoms with Crippen LogP contribution in [0.1, 0.15) is 44.0 Å². The molecule has 0 aromatic heterocycles. The van der Waals surface area contributed by atoms with Crippen LogP contribution in [0.15, 0.2) is 24.3 Å². The summed E-state index contributed by atoms with van der Waals surface area (Å²) in [6.45, 7) is 6.04. The van der Waals surface area contributed by atoms with Crippen LogP contribution in [-0.2, 0) is 4.79 Å². The molecular weight excluding hydrogens is 270 g/mol. The Morgan fingerprint density at radius 2 is 2.00 bits per heavy atom. The minimum Gasteiger partial charge on any atom is -0.497 e. The Morgan fingerprint density at radius 3 is 2.52 bits per heavy atom. The van der Waals surface area contributed by atoms with Crippen molar-refractivity contribution in [1.29, 1.82) is 0 Å². The first-order valence-electron chi connectivity index (χ1n) is 6.88. The van der Waals surface area contributed by atoms with E-state index in [4.69, 9.17) is 9.84 Å². The molecule has 0 spiro atoms. The lowest BCUT2D eigenvalue weighted by Crippen LogP contribution is -2.39. The Kier molecular flexibility index (Phi) is 5.76. The molecule has 1 rings (SSSR count). The Balaban J connectivity index is 2.81. The first kappa shape index (κ1) is 17.0. The smallest absolute Gasteiger partial charge is 0.305 e. The SMILES string of the molecule is COc1cccc(C(=O)NC(CC(=O)O)CC(C)(C)C)c1. The second-order valence-corrected chi connectivity index (χ2v) is 6.26. The summed E-state index contributed by atoms with van der Waals surface area (Å²) in [4.78, 5) is 23.2. The fraction of sp³-hybridized carbons (Fsp3) is 0.500. The lowest BCUT2D eigenvalue weighted by molar-refractivity contribution is -0.137. The van der Waals surface area contributed by atoms with Gasteiger partial charge in [-0.3, -0.25) is 9.59 Å². The highest BCUT2D eigenvalue weighted by Crippen LogP contribution is 2.22. The summed E-state index contributed by atoms with van der Waals surface area (Å²) >= 11 is 0. The fourth-order valence-corrected chi connectivity index (χ4v) is 2.16. The number of carboxylic acid groups (broad SMARTS) is 1. The Labute approximate surface area is 125 Å². The molecule has 0 bridgehead atoms. The summed E-state index contributed by atoms with van der Waals surface area (Å²) in [5.74, 6) is -0.618. The van der Waals surface area contributed by atoms with Crippen LogP contribution < -0.4 is 10.1 Å². The molecule has 1 aromatic rings. The molecule has 0 aliphatic heterocycles. The molecular formula is C16H23NO4. The van der Waals surface area contributed by atoms with Gasteiger partial charge in [-0.05, 0) is 30.0 Å². The fourth-order valence-electron chi connectivity index (χ4n) is 2.16. The molecule has 0 heterocycles. The number of rotatable bonds is 6. The molecule has 0 aliphatic rings. The van der Waals surface area contributed by atoms with Crippen molar-refractivity contribution in [2.24, 2.45) is 5.41 Å². The molecule has 0 radical (unpaired) electrons. The van der Waals surface area contributed by atoms with Gasteiger partial charge in [-0.1, -0.05) is 26.8 Å². The van der Waals surface area contributed by atoms with Crippen molar-refractivity contribution in [3.8, 4) is 5.75 Å². The average Bonchev–Trinajstić information content (AvgIpc) is 2.35. The summed E-state index contributed by atoms with van der Waals surface area (Å²) < 4.78 is 5.08. The molecule has 5 heteroatoms. The molecule has 1 atom stereocenters. The molecule has 5 nitrogen and oxygen atoms in total. The van der Waals surface area contributed by atoms with E-state index < -0.39 is 12.0 Å². The van der Waals surface area contributed by atoms with Crippen LogP contribution in [0.25, 0.3) is 0 Å². The number of ether oxygens (including phenoxy) is 1.